The summed E-state index contributed by atoms with van der Waals surface area (Å²) in [6.45, 7) is 0.143. The molecule has 0 saturated heterocycles. The van der Waals surface area contributed by atoms with Crippen LogP contribution in [0.15, 0.2) is 18.2 Å². The molecule has 0 unspecified atom stereocenters. The fourth-order valence-electron chi connectivity index (χ4n) is 1.61. The lowest BCUT2D eigenvalue weighted by molar-refractivity contribution is -0.138. The number of halogens is 4. The molecule has 3 nitrogen and oxygen atoms in total. The van der Waals surface area contributed by atoms with E-state index in [9.17, 15) is 21.6 Å². The van der Waals surface area contributed by atoms with Crippen LogP contribution in [0.3, 0.4) is 0 Å². The van der Waals surface area contributed by atoms with Gasteiger partial charge in [0, 0.05) is 30.9 Å². The van der Waals surface area contributed by atoms with Crippen molar-refractivity contribution < 1.29 is 21.6 Å². The molecule has 0 N–H and O–H groups in total. The Morgan fingerprint density at radius 3 is 2.35 bits per heavy atom. The minimum Gasteiger partial charge on any atom is -0.374 e. The minimum atomic E-state index is -4.43. The van der Waals surface area contributed by atoms with Crippen LogP contribution in [0, 0.1) is 0 Å². The minimum absolute atomic E-state index is 0.106. The first-order valence-corrected chi connectivity index (χ1v) is 8.88. The second kappa shape index (κ2) is 6.34. The third-order valence-electron chi connectivity index (χ3n) is 2.78. The number of hydrogen-bond donors (Lipinski definition) is 0. The van der Waals surface area contributed by atoms with Gasteiger partial charge in [-0.25, -0.2) is 8.42 Å². The Balaban J connectivity index is 3.03. The molecule has 0 fully saturated rings. The highest BCUT2D eigenvalue weighted by Gasteiger charge is 2.33. The second-order valence-corrected chi connectivity index (χ2v) is 7.34. The summed E-state index contributed by atoms with van der Waals surface area (Å²) in [6, 6.07) is 3.98. The summed E-state index contributed by atoms with van der Waals surface area (Å²) in [4.78, 5) is 1.49. The van der Waals surface area contributed by atoms with Crippen molar-refractivity contribution in [3.05, 3.63) is 29.3 Å². The number of hydrogen-bond acceptors (Lipinski definition) is 3. The molecule has 0 aliphatic rings. The molecule has 1 aromatic carbocycles. The third kappa shape index (κ3) is 4.97. The van der Waals surface area contributed by atoms with Crippen LogP contribution in [0.5, 0.6) is 0 Å². The van der Waals surface area contributed by atoms with Gasteiger partial charge in [-0.2, -0.15) is 13.2 Å². The number of alkyl halides is 4. The number of nitrogens with zero attached hydrogens (tertiary/aromatic N) is 1. The predicted octanol–water partition coefficient (Wildman–Crippen LogP) is 3.08. The maximum atomic E-state index is 12.9. The highest BCUT2D eigenvalue weighted by molar-refractivity contribution is 9.08. The van der Waals surface area contributed by atoms with Gasteiger partial charge in [-0.05, 0) is 17.7 Å². The van der Waals surface area contributed by atoms with Crippen LogP contribution in [-0.2, 0) is 21.3 Å². The van der Waals surface area contributed by atoms with Crippen molar-refractivity contribution in [3.63, 3.8) is 0 Å². The highest BCUT2D eigenvalue weighted by atomic mass is 79.9. The standard InChI is InChI=1S/C12H15BrF3NO2S/c1-17(5-6-20(2,18)19)10-4-3-9(8-13)11(7-10)12(14,15)16/h3-4,7H,5-6,8H2,1-2H3. The molecular weight excluding hydrogens is 359 g/mol. The van der Waals surface area contributed by atoms with Gasteiger partial charge >= 0.3 is 6.18 Å². The van der Waals surface area contributed by atoms with Crippen LogP contribution in [-0.4, -0.2) is 34.0 Å². The van der Waals surface area contributed by atoms with E-state index in [1.807, 2.05) is 0 Å². The van der Waals surface area contributed by atoms with E-state index < -0.39 is 21.6 Å². The van der Waals surface area contributed by atoms with E-state index in [-0.39, 0.29) is 23.2 Å². The van der Waals surface area contributed by atoms with Gasteiger partial charge in [-0.3, -0.25) is 0 Å². The van der Waals surface area contributed by atoms with E-state index in [1.54, 1.807) is 13.1 Å². The first-order chi connectivity index (χ1) is 9.04. The van der Waals surface area contributed by atoms with E-state index in [4.69, 9.17) is 0 Å². The number of anilines is 1. The van der Waals surface area contributed by atoms with E-state index >= 15 is 0 Å². The summed E-state index contributed by atoms with van der Waals surface area (Å²) in [5.74, 6) is -0.106. The fourth-order valence-corrected chi connectivity index (χ4v) is 2.71. The van der Waals surface area contributed by atoms with Gasteiger partial charge in [0.05, 0.1) is 11.3 Å². The van der Waals surface area contributed by atoms with Crippen LogP contribution >= 0.6 is 15.9 Å². The van der Waals surface area contributed by atoms with Crippen molar-refractivity contribution in [2.45, 2.75) is 11.5 Å². The van der Waals surface area contributed by atoms with Crippen LogP contribution in [0.2, 0.25) is 0 Å². The largest absolute Gasteiger partial charge is 0.416 e. The van der Waals surface area contributed by atoms with Crippen molar-refractivity contribution in [1.29, 1.82) is 0 Å². The van der Waals surface area contributed by atoms with E-state index in [0.29, 0.717) is 5.69 Å². The van der Waals surface area contributed by atoms with E-state index in [0.717, 1.165) is 12.3 Å². The molecule has 114 valence electrons. The molecule has 1 aromatic rings. The summed E-state index contributed by atoms with van der Waals surface area (Å²) in [5.41, 5.74) is -0.221. The molecule has 0 heterocycles. The normalized spacial score (nSPS) is 12.5. The van der Waals surface area contributed by atoms with Gasteiger partial charge < -0.3 is 4.90 Å². The number of benzene rings is 1. The topological polar surface area (TPSA) is 37.4 Å². The summed E-state index contributed by atoms with van der Waals surface area (Å²) >= 11 is 3.03. The fraction of sp³-hybridized carbons (Fsp3) is 0.500. The van der Waals surface area contributed by atoms with Gasteiger partial charge in [-0.15, -0.1) is 0 Å². The molecule has 0 atom stereocenters. The lowest BCUT2D eigenvalue weighted by Gasteiger charge is -2.21. The molecule has 20 heavy (non-hydrogen) atoms. The molecule has 8 heteroatoms. The smallest absolute Gasteiger partial charge is 0.374 e. The predicted molar refractivity (Wildman–Crippen MR) is 77.1 cm³/mol. The van der Waals surface area contributed by atoms with E-state index in [2.05, 4.69) is 15.9 Å². The van der Waals surface area contributed by atoms with Crippen LogP contribution in [0.25, 0.3) is 0 Å². The maximum absolute atomic E-state index is 12.9. The first kappa shape index (κ1) is 17.3. The second-order valence-electron chi connectivity index (χ2n) is 4.52. The van der Waals surface area contributed by atoms with Crippen molar-refractivity contribution in [2.24, 2.45) is 0 Å². The molecule has 0 amide bonds. The van der Waals surface area contributed by atoms with Gasteiger partial charge in [0.1, 0.15) is 9.84 Å². The van der Waals surface area contributed by atoms with Gasteiger partial charge in [0.15, 0.2) is 0 Å². The average molecular weight is 374 g/mol. The molecule has 0 bridgehead atoms. The molecule has 1 rings (SSSR count). The Kier molecular flexibility index (Phi) is 5.48. The zero-order valence-corrected chi connectivity index (χ0v) is 13.4. The lowest BCUT2D eigenvalue weighted by Crippen LogP contribution is -2.25. The van der Waals surface area contributed by atoms with E-state index in [1.165, 1.54) is 11.0 Å². The molecule has 0 spiro atoms. The van der Waals surface area contributed by atoms with Crippen molar-refractivity contribution in [3.8, 4) is 0 Å². The monoisotopic (exact) mass is 373 g/mol. The van der Waals surface area contributed by atoms with Crippen molar-refractivity contribution in [1.82, 2.24) is 0 Å². The summed E-state index contributed by atoms with van der Waals surface area (Å²) in [6.07, 6.45) is -3.34. The number of sulfone groups is 1. The zero-order valence-electron chi connectivity index (χ0n) is 11.0. The molecular formula is C12H15BrF3NO2S. The quantitative estimate of drug-likeness (QED) is 0.744. The first-order valence-electron chi connectivity index (χ1n) is 5.69. The summed E-state index contributed by atoms with van der Waals surface area (Å²) in [7, 11) is -1.59. The molecule has 0 saturated carbocycles. The van der Waals surface area contributed by atoms with Crippen LogP contribution in [0.1, 0.15) is 11.1 Å². The average Bonchev–Trinajstić information content (AvgIpc) is 2.33. The van der Waals surface area contributed by atoms with Crippen molar-refractivity contribution in [2.75, 3.05) is 30.5 Å². The van der Waals surface area contributed by atoms with Gasteiger partial charge in [0.2, 0.25) is 0 Å². The Labute approximate surface area is 124 Å². The lowest BCUT2D eigenvalue weighted by atomic mass is 10.1. The summed E-state index contributed by atoms with van der Waals surface area (Å²) in [5, 5.41) is 0.106. The third-order valence-corrected chi connectivity index (χ3v) is 4.31. The van der Waals surface area contributed by atoms with Crippen LogP contribution in [0.4, 0.5) is 18.9 Å². The van der Waals surface area contributed by atoms with Crippen molar-refractivity contribution >= 4 is 31.5 Å². The summed E-state index contributed by atoms with van der Waals surface area (Å²) < 4.78 is 60.9. The number of rotatable bonds is 5. The molecule has 0 aromatic heterocycles. The Morgan fingerprint density at radius 2 is 1.90 bits per heavy atom. The van der Waals surface area contributed by atoms with Gasteiger partial charge in [-0.1, -0.05) is 22.0 Å². The molecule has 0 aliphatic carbocycles. The highest BCUT2D eigenvalue weighted by Crippen LogP contribution is 2.35. The Morgan fingerprint density at radius 1 is 1.30 bits per heavy atom. The Hall–Kier alpha value is -0.760. The zero-order chi connectivity index (χ0) is 15.6. The van der Waals surface area contributed by atoms with Gasteiger partial charge in [0.25, 0.3) is 0 Å². The SMILES string of the molecule is CN(CCS(C)(=O)=O)c1ccc(CBr)c(C(F)(F)F)c1. The molecule has 0 aliphatic heterocycles. The Bertz CT molecular complexity index is 573. The molecule has 0 radical (unpaired) electrons. The maximum Gasteiger partial charge on any atom is 0.416 e. The van der Waals surface area contributed by atoms with Crippen LogP contribution < -0.4 is 4.90 Å².